The molecule has 0 unspecified atom stereocenters. The Morgan fingerprint density at radius 3 is 1.41 bits per heavy atom. The van der Waals surface area contributed by atoms with Gasteiger partial charge in [-0.2, -0.15) is 0 Å². The summed E-state index contributed by atoms with van der Waals surface area (Å²) in [5, 5.41) is 0. The lowest BCUT2D eigenvalue weighted by molar-refractivity contribution is -0.906. The lowest BCUT2D eigenvalue weighted by atomic mass is 10.3. The summed E-state index contributed by atoms with van der Waals surface area (Å²) in [4.78, 5) is 0. The molecule has 27 heavy (non-hydrogen) atoms. The van der Waals surface area contributed by atoms with Crippen molar-refractivity contribution in [1.29, 1.82) is 0 Å². The van der Waals surface area contributed by atoms with E-state index in [1.165, 1.54) is 55.5 Å². The van der Waals surface area contributed by atoms with Gasteiger partial charge in [-0.05, 0) is 71.6 Å². The zero-order valence-electron chi connectivity index (χ0n) is 19.4. The van der Waals surface area contributed by atoms with E-state index in [0.29, 0.717) is 0 Å². The van der Waals surface area contributed by atoms with Gasteiger partial charge in [0.25, 0.3) is 0 Å². The second-order valence-electron chi connectivity index (χ2n) is 9.31. The van der Waals surface area contributed by atoms with E-state index >= 15 is 0 Å². The van der Waals surface area contributed by atoms with Crippen molar-refractivity contribution in [2.75, 3.05) is 26.7 Å². The van der Waals surface area contributed by atoms with Crippen LogP contribution in [0.5, 0.6) is 0 Å². The predicted molar refractivity (Wildman–Crippen MR) is 136 cm³/mol. The summed E-state index contributed by atoms with van der Waals surface area (Å²) in [5.41, 5.74) is 0. The minimum atomic E-state index is -2.02. The van der Waals surface area contributed by atoms with Crippen molar-refractivity contribution in [1.82, 2.24) is 0 Å². The van der Waals surface area contributed by atoms with Crippen molar-refractivity contribution in [3.63, 3.8) is 0 Å². The van der Waals surface area contributed by atoms with Crippen molar-refractivity contribution >= 4 is 25.2 Å². The van der Waals surface area contributed by atoms with E-state index in [1.54, 1.807) is 0 Å². The van der Waals surface area contributed by atoms with Gasteiger partial charge in [0, 0.05) is 0 Å². The van der Waals surface area contributed by atoms with Crippen molar-refractivity contribution < 1.29 is 12.7 Å². The van der Waals surface area contributed by atoms with Gasteiger partial charge in [-0.15, -0.1) is 0 Å². The SMILES string of the molecule is C.C.CCCC[Si](C)(C)O[Si](C)(C)O[Si](C)(C)CCC[N+](C)(CC)CC.[CH3-]. The first-order valence-corrected chi connectivity index (χ1v) is 19.1. The Bertz CT molecular complexity index is 357. The molecule has 0 aliphatic rings. The van der Waals surface area contributed by atoms with Crippen molar-refractivity contribution in [2.24, 2.45) is 0 Å². The van der Waals surface area contributed by atoms with Crippen molar-refractivity contribution in [2.45, 2.75) is 106 Å². The molecule has 0 atom stereocenters. The molecule has 170 valence electrons. The highest BCUT2D eigenvalue weighted by molar-refractivity contribution is 6.87. The summed E-state index contributed by atoms with van der Waals surface area (Å²) in [5.74, 6) is 0. The van der Waals surface area contributed by atoms with E-state index in [2.05, 4.69) is 67.1 Å². The molecule has 6 heteroatoms. The molecule has 0 aromatic heterocycles. The fraction of sp³-hybridized carbons (Fsp3) is 0.952. The first-order chi connectivity index (χ1) is 10.8. The maximum absolute atomic E-state index is 6.71. The van der Waals surface area contributed by atoms with Gasteiger partial charge in [0.2, 0.25) is 0 Å². The molecule has 0 bridgehead atoms. The Balaban J connectivity index is -0.000000882. The predicted octanol–water partition coefficient (Wildman–Crippen LogP) is 7.53. The maximum atomic E-state index is 6.71. The molecule has 0 spiro atoms. The highest BCUT2D eigenvalue weighted by Crippen LogP contribution is 2.26. The topological polar surface area (TPSA) is 18.5 Å². The van der Waals surface area contributed by atoms with Crippen LogP contribution in [0.3, 0.4) is 0 Å². The second-order valence-corrected chi connectivity index (χ2v) is 21.8. The van der Waals surface area contributed by atoms with Crippen LogP contribution in [0.4, 0.5) is 0 Å². The smallest absolute Gasteiger partial charge is 0.311 e. The highest BCUT2D eigenvalue weighted by atomic mass is 28.5. The zero-order chi connectivity index (χ0) is 19.1. The Labute approximate surface area is 178 Å². The molecular weight excluding hydrogens is 382 g/mol. The molecule has 3 nitrogen and oxygen atoms in total. The van der Waals surface area contributed by atoms with Gasteiger partial charge in [0.1, 0.15) is 0 Å². The molecule has 0 aromatic rings. The fourth-order valence-electron chi connectivity index (χ4n) is 3.48. The largest absolute Gasteiger partial charge is 0.437 e. The quantitative estimate of drug-likeness (QED) is 0.168. The van der Waals surface area contributed by atoms with Crippen LogP contribution < -0.4 is 0 Å². The maximum Gasteiger partial charge on any atom is 0.311 e. The average Bonchev–Trinajstić information content (AvgIpc) is 2.42. The molecule has 0 aliphatic carbocycles. The second kappa shape index (κ2) is 14.5. The van der Waals surface area contributed by atoms with E-state index in [-0.39, 0.29) is 22.3 Å². The van der Waals surface area contributed by atoms with Crippen LogP contribution in [0.25, 0.3) is 0 Å². The molecule has 0 aliphatic heterocycles. The number of quaternary nitrogens is 1. The van der Waals surface area contributed by atoms with E-state index < -0.39 is 25.2 Å². The van der Waals surface area contributed by atoms with E-state index in [4.69, 9.17) is 8.23 Å². The summed E-state index contributed by atoms with van der Waals surface area (Å²) < 4.78 is 14.5. The van der Waals surface area contributed by atoms with Crippen LogP contribution in [0.2, 0.25) is 51.4 Å². The zero-order valence-corrected chi connectivity index (χ0v) is 22.4. The summed E-state index contributed by atoms with van der Waals surface area (Å²) >= 11 is 0. The van der Waals surface area contributed by atoms with E-state index in [0.717, 1.165) is 0 Å². The fourth-order valence-corrected chi connectivity index (χ4v) is 17.7. The minimum Gasteiger partial charge on any atom is -0.437 e. The molecule has 0 rings (SSSR count). The molecule has 0 N–H and O–H groups in total. The van der Waals surface area contributed by atoms with Crippen LogP contribution in [-0.2, 0) is 8.23 Å². The normalized spacial score (nSPS) is 12.7. The molecule has 0 amide bonds. The van der Waals surface area contributed by atoms with Crippen LogP contribution >= 0.6 is 0 Å². The van der Waals surface area contributed by atoms with Gasteiger partial charge < -0.3 is 20.1 Å². The third-order valence-electron chi connectivity index (χ3n) is 5.18. The van der Waals surface area contributed by atoms with Gasteiger partial charge in [0.15, 0.2) is 16.6 Å². The first-order valence-electron chi connectivity index (χ1n) is 10.0. The summed E-state index contributed by atoms with van der Waals surface area (Å²) in [7, 11) is -2.87. The standard InChI is InChI=1S/C18H46NO2Si3.2CH4.CH3/c1-11-14-17-22(5,6)20-24(9,10)21-23(7,8)18-15-16-19(4,12-2)13-3;;;/h11-18H2,1-10H3;2*1H4;1H3/q+1;;;-1. The van der Waals surface area contributed by atoms with Gasteiger partial charge in [-0.3, -0.25) is 0 Å². The molecule has 0 aromatic carbocycles. The summed E-state index contributed by atoms with van der Waals surface area (Å²) in [6, 6.07) is 2.51. The Morgan fingerprint density at radius 1 is 0.704 bits per heavy atom. The number of rotatable bonds is 13. The Morgan fingerprint density at radius 2 is 1.07 bits per heavy atom. The van der Waals surface area contributed by atoms with Crippen LogP contribution in [0.15, 0.2) is 0 Å². The molecule has 0 saturated heterocycles. The third kappa shape index (κ3) is 16.1. The number of nitrogens with zero attached hydrogens (tertiary/aromatic N) is 1. The summed E-state index contributed by atoms with van der Waals surface area (Å²) in [6.45, 7) is 24.6. The van der Waals surface area contributed by atoms with Crippen LogP contribution in [0, 0.1) is 7.43 Å². The van der Waals surface area contributed by atoms with Crippen LogP contribution in [0.1, 0.15) is 54.9 Å². The van der Waals surface area contributed by atoms with Crippen molar-refractivity contribution in [3.05, 3.63) is 7.43 Å². The van der Waals surface area contributed by atoms with Gasteiger partial charge in [-0.1, -0.05) is 34.6 Å². The van der Waals surface area contributed by atoms with Gasteiger partial charge in [-0.25, -0.2) is 0 Å². The van der Waals surface area contributed by atoms with Gasteiger partial charge >= 0.3 is 8.56 Å². The molecule has 0 fully saturated rings. The first kappa shape index (κ1) is 35.0. The van der Waals surface area contributed by atoms with Crippen LogP contribution in [-0.4, -0.2) is 56.4 Å². The van der Waals surface area contributed by atoms with Gasteiger partial charge in [0.05, 0.1) is 26.7 Å². The average molecular weight is 440 g/mol. The van der Waals surface area contributed by atoms with Crippen molar-refractivity contribution in [3.8, 4) is 0 Å². The Hall–Kier alpha value is 0.531. The molecule has 0 heterocycles. The third-order valence-corrected chi connectivity index (χ3v) is 16.6. The lowest BCUT2D eigenvalue weighted by Crippen LogP contribution is -2.52. The minimum absolute atomic E-state index is 0. The summed E-state index contributed by atoms with van der Waals surface area (Å²) in [6.07, 6.45) is 3.82. The number of unbranched alkanes of at least 4 members (excludes halogenated alkanes) is 1. The molecular formula is C21H57NO2Si3. The van der Waals surface area contributed by atoms with E-state index in [1.807, 2.05) is 0 Å². The Kier molecular flexibility index (Phi) is 18.8. The number of hydrogen-bond donors (Lipinski definition) is 0. The highest BCUT2D eigenvalue weighted by Gasteiger charge is 2.39. The monoisotopic (exact) mass is 439 g/mol. The number of hydrogen-bond acceptors (Lipinski definition) is 2. The molecule has 0 radical (unpaired) electrons. The lowest BCUT2D eigenvalue weighted by Gasteiger charge is -2.39. The molecule has 0 saturated carbocycles. The van der Waals surface area contributed by atoms with E-state index in [9.17, 15) is 0 Å².